The number of rotatable bonds is 1. The summed E-state index contributed by atoms with van der Waals surface area (Å²) in [5.41, 5.74) is 0. The Balaban J connectivity index is 2.29. The number of hydrogen-bond acceptors (Lipinski definition) is 3. The van der Waals surface area contributed by atoms with Crippen LogP contribution in [-0.4, -0.2) is 12.4 Å². The lowest BCUT2D eigenvalue weighted by atomic mass is 10.4. The molecule has 2 nitrogen and oxygen atoms in total. The number of aliphatic imine (C=N–C) groups is 2. The normalized spacial score (nSPS) is 16.8. The Bertz CT molecular complexity index is 249. The molecule has 0 N–H and O–H groups in total. The molecule has 3 heteroatoms. The molecular weight excluding hydrogens is 144 g/mol. The number of thiophene rings is 1. The Morgan fingerprint density at radius 1 is 1.30 bits per heavy atom. The standard InChI is InChI=1S/C7H6N2S/c1-2-6(10-5-1)7-8-3-4-9-7/h1-5,7H. The molecule has 0 bridgehead atoms. The zero-order valence-electron chi connectivity index (χ0n) is 5.27. The highest BCUT2D eigenvalue weighted by atomic mass is 32.1. The van der Waals surface area contributed by atoms with Gasteiger partial charge >= 0.3 is 0 Å². The number of hydrogen-bond donors (Lipinski definition) is 0. The minimum Gasteiger partial charge on any atom is -0.259 e. The molecule has 10 heavy (non-hydrogen) atoms. The largest absolute Gasteiger partial charge is 0.259 e. The van der Waals surface area contributed by atoms with E-state index in [9.17, 15) is 0 Å². The van der Waals surface area contributed by atoms with Gasteiger partial charge in [-0.3, -0.25) is 9.98 Å². The van der Waals surface area contributed by atoms with E-state index in [1.165, 1.54) is 4.88 Å². The van der Waals surface area contributed by atoms with E-state index >= 15 is 0 Å². The van der Waals surface area contributed by atoms with Gasteiger partial charge in [-0.2, -0.15) is 0 Å². The van der Waals surface area contributed by atoms with E-state index in [-0.39, 0.29) is 6.17 Å². The van der Waals surface area contributed by atoms with Gasteiger partial charge < -0.3 is 0 Å². The van der Waals surface area contributed by atoms with Crippen molar-refractivity contribution in [3.8, 4) is 0 Å². The van der Waals surface area contributed by atoms with E-state index in [1.54, 1.807) is 23.8 Å². The summed E-state index contributed by atoms with van der Waals surface area (Å²) in [5, 5.41) is 2.04. The molecular formula is C7H6N2S. The van der Waals surface area contributed by atoms with Crippen LogP contribution in [0.2, 0.25) is 0 Å². The van der Waals surface area contributed by atoms with Crippen molar-refractivity contribution in [3.63, 3.8) is 0 Å². The van der Waals surface area contributed by atoms with Crippen LogP contribution in [-0.2, 0) is 0 Å². The molecule has 0 radical (unpaired) electrons. The summed E-state index contributed by atoms with van der Waals surface area (Å²) in [4.78, 5) is 9.50. The first-order valence-electron chi connectivity index (χ1n) is 3.05. The molecule has 0 saturated heterocycles. The van der Waals surface area contributed by atoms with Crippen molar-refractivity contribution in [2.45, 2.75) is 6.17 Å². The van der Waals surface area contributed by atoms with Crippen LogP contribution < -0.4 is 0 Å². The Labute approximate surface area is 63.0 Å². The Morgan fingerprint density at radius 2 is 2.10 bits per heavy atom. The summed E-state index contributed by atoms with van der Waals surface area (Å²) in [7, 11) is 0. The quantitative estimate of drug-likeness (QED) is 0.584. The van der Waals surface area contributed by atoms with Crippen LogP contribution in [0, 0.1) is 0 Å². The van der Waals surface area contributed by atoms with E-state index in [4.69, 9.17) is 0 Å². The van der Waals surface area contributed by atoms with Gasteiger partial charge in [0.25, 0.3) is 0 Å². The van der Waals surface area contributed by atoms with Crippen LogP contribution in [0.4, 0.5) is 0 Å². The van der Waals surface area contributed by atoms with Crippen LogP contribution in [0.1, 0.15) is 11.0 Å². The molecule has 1 aliphatic heterocycles. The molecule has 2 rings (SSSR count). The monoisotopic (exact) mass is 150 g/mol. The van der Waals surface area contributed by atoms with Crippen LogP contribution >= 0.6 is 11.3 Å². The fraction of sp³-hybridized carbons (Fsp3) is 0.143. The maximum atomic E-state index is 4.14. The second kappa shape index (κ2) is 2.34. The van der Waals surface area contributed by atoms with Crippen LogP contribution in [0.5, 0.6) is 0 Å². The van der Waals surface area contributed by atoms with Crippen molar-refractivity contribution in [1.29, 1.82) is 0 Å². The molecule has 0 aromatic carbocycles. The molecule has 1 aromatic rings. The SMILES string of the molecule is C1=NC(c2cccs2)N=C1. The highest BCUT2D eigenvalue weighted by Gasteiger charge is 2.08. The predicted octanol–water partition coefficient (Wildman–Crippen LogP) is 1.90. The average molecular weight is 150 g/mol. The van der Waals surface area contributed by atoms with Gasteiger partial charge in [0.15, 0.2) is 6.17 Å². The van der Waals surface area contributed by atoms with E-state index in [1.807, 2.05) is 11.4 Å². The summed E-state index contributed by atoms with van der Waals surface area (Å²) in [5.74, 6) is 0. The molecule has 1 aliphatic rings. The van der Waals surface area contributed by atoms with Crippen LogP contribution in [0.3, 0.4) is 0 Å². The second-order valence-electron chi connectivity index (χ2n) is 1.99. The predicted molar refractivity (Wildman–Crippen MR) is 44.0 cm³/mol. The van der Waals surface area contributed by atoms with Gasteiger partial charge in [-0.05, 0) is 11.4 Å². The summed E-state index contributed by atoms with van der Waals surface area (Å²) < 4.78 is 0. The molecule has 1 aromatic heterocycles. The second-order valence-corrected chi connectivity index (χ2v) is 2.96. The van der Waals surface area contributed by atoms with E-state index in [0.29, 0.717) is 0 Å². The van der Waals surface area contributed by atoms with Gasteiger partial charge in [0.1, 0.15) is 0 Å². The lowest BCUT2D eigenvalue weighted by molar-refractivity contribution is 0.821. The zero-order chi connectivity index (χ0) is 6.81. The van der Waals surface area contributed by atoms with Crippen LogP contribution in [0.15, 0.2) is 27.5 Å². The summed E-state index contributed by atoms with van der Waals surface area (Å²) in [6, 6.07) is 4.07. The fourth-order valence-electron chi connectivity index (χ4n) is 0.864. The Kier molecular flexibility index (Phi) is 1.36. The number of nitrogens with zero attached hydrogens (tertiary/aromatic N) is 2. The third-order valence-electron chi connectivity index (χ3n) is 1.32. The molecule has 0 saturated carbocycles. The van der Waals surface area contributed by atoms with Crippen molar-refractivity contribution in [2.24, 2.45) is 9.98 Å². The molecule has 0 amide bonds. The maximum Gasteiger partial charge on any atom is 0.174 e. The lowest BCUT2D eigenvalue weighted by Crippen LogP contribution is -1.80. The van der Waals surface area contributed by atoms with Crippen molar-refractivity contribution < 1.29 is 0 Å². The molecule has 0 spiro atoms. The Hall–Kier alpha value is -0.960. The summed E-state index contributed by atoms with van der Waals surface area (Å²) in [6.45, 7) is 0. The van der Waals surface area contributed by atoms with E-state index in [0.717, 1.165) is 0 Å². The van der Waals surface area contributed by atoms with Gasteiger partial charge in [0, 0.05) is 12.4 Å². The zero-order valence-corrected chi connectivity index (χ0v) is 6.08. The van der Waals surface area contributed by atoms with Crippen LogP contribution in [0.25, 0.3) is 0 Å². The topological polar surface area (TPSA) is 24.7 Å². The van der Waals surface area contributed by atoms with Crippen molar-refractivity contribution in [1.82, 2.24) is 0 Å². The first-order chi connectivity index (χ1) is 4.97. The first-order valence-corrected chi connectivity index (χ1v) is 3.93. The molecule has 0 unspecified atom stereocenters. The third kappa shape index (κ3) is 0.885. The molecule has 0 aliphatic carbocycles. The minimum absolute atomic E-state index is 0.0556. The highest BCUT2D eigenvalue weighted by Crippen LogP contribution is 2.24. The smallest absolute Gasteiger partial charge is 0.174 e. The van der Waals surface area contributed by atoms with Crippen molar-refractivity contribution in [3.05, 3.63) is 22.4 Å². The average Bonchev–Trinajstić information content (AvgIpc) is 2.59. The third-order valence-corrected chi connectivity index (χ3v) is 2.23. The first kappa shape index (κ1) is 5.80. The van der Waals surface area contributed by atoms with E-state index < -0.39 is 0 Å². The van der Waals surface area contributed by atoms with Gasteiger partial charge in [-0.1, -0.05) is 6.07 Å². The molecule has 2 heterocycles. The van der Waals surface area contributed by atoms with Crippen molar-refractivity contribution in [2.75, 3.05) is 0 Å². The molecule has 50 valence electrons. The van der Waals surface area contributed by atoms with Gasteiger partial charge in [0.05, 0.1) is 4.88 Å². The maximum absolute atomic E-state index is 4.14. The lowest BCUT2D eigenvalue weighted by Gasteiger charge is -1.96. The summed E-state index contributed by atoms with van der Waals surface area (Å²) >= 11 is 1.69. The van der Waals surface area contributed by atoms with Gasteiger partial charge in [-0.15, -0.1) is 11.3 Å². The van der Waals surface area contributed by atoms with Crippen molar-refractivity contribution >= 4 is 23.8 Å². The Morgan fingerprint density at radius 3 is 2.70 bits per heavy atom. The fourth-order valence-corrected chi connectivity index (χ4v) is 1.58. The van der Waals surface area contributed by atoms with E-state index in [2.05, 4.69) is 16.1 Å². The molecule has 0 fully saturated rings. The minimum atomic E-state index is 0.0556. The molecule has 0 atom stereocenters. The summed E-state index contributed by atoms with van der Waals surface area (Å²) in [6.07, 6.45) is 3.54. The van der Waals surface area contributed by atoms with Gasteiger partial charge in [0.2, 0.25) is 0 Å². The highest BCUT2D eigenvalue weighted by molar-refractivity contribution is 7.10. The van der Waals surface area contributed by atoms with Gasteiger partial charge in [-0.25, -0.2) is 0 Å².